The summed E-state index contributed by atoms with van der Waals surface area (Å²) in [6.45, 7) is 7.03. The fraction of sp³-hybridized carbons (Fsp3) is 0.480. The second kappa shape index (κ2) is 10.2. The average Bonchev–Trinajstić information content (AvgIpc) is 3.60. The summed E-state index contributed by atoms with van der Waals surface area (Å²) in [5.41, 5.74) is 2.05. The Bertz CT molecular complexity index is 935. The minimum Gasteiger partial charge on any atom is -0.483 e. The van der Waals surface area contributed by atoms with Crippen molar-refractivity contribution in [1.82, 2.24) is 15.1 Å². The second-order valence-corrected chi connectivity index (χ2v) is 9.43. The zero-order valence-electron chi connectivity index (χ0n) is 18.7. The van der Waals surface area contributed by atoms with Crippen molar-refractivity contribution in [2.24, 2.45) is 0 Å². The molecule has 32 heavy (non-hydrogen) atoms. The molecule has 0 spiro atoms. The van der Waals surface area contributed by atoms with Gasteiger partial charge in [-0.05, 0) is 62.6 Å². The first kappa shape index (κ1) is 23.0. The zero-order valence-corrected chi connectivity index (χ0v) is 19.4. The van der Waals surface area contributed by atoms with Gasteiger partial charge in [-0.25, -0.2) is 4.39 Å². The monoisotopic (exact) mass is 459 g/mol. The van der Waals surface area contributed by atoms with Crippen molar-refractivity contribution in [1.29, 1.82) is 0 Å². The minimum absolute atomic E-state index is 0.00703. The Hall–Kier alpha value is -2.15. The van der Waals surface area contributed by atoms with Gasteiger partial charge in [0.05, 0.1) is 0 Å². The number of benzene rings is 2. The molecule has 1 saturated heterocycles. The SMILES string of the molecule is CC1CN(C(=O)COc2ccc(Cl)cc2CNC2CC2)C(C)CN1Cc1ccc(F)cc1. The number of hydrogen-bond acceptors (Lipinski definition) is 4. The van der Waals surface area contributed by atoms with Crippen molar-refractivity contribution < 1.29 is 13.9 Å². The standard InChI is InChI=1S/C25H31ClFN3O2/c1-17-14-30(18(2)13-29(17)15-19-3-6-22(27)7-4-19)25(31)16-32-24-10-5-21(26)11-20(24)12-28-23-8-9-23/h3-7,10-11,17-18,23,28H,8-9,12-16H2,1-2H3. The molecular weight excluding hydrogens is 429 g/mol. The largest absolute Gasteiger partial charge is 0.483 e. The summed E-state index contributed by atoms with van der Waals surface area (Å²) in [5, 5.41) is 4.13. The normalized spacial score (nSPS) is 21.6. The molecule has 2 atom stereocenters. The summed E-state index contributed by atoms with van der Waals surface area (Å²) in [4.78, 5) is 17.2. The molecular formula is C25H31ClFN3O2. The van der Waals surface area contributed by atoms with Gasteiger partial charge in [0.2, 0.25) is 0 Å². The molecule has 172 valence electrons. The highest BCUT2D eigenvalue weighted by Crippen LogP contribution is 2.26. The van der Waals surface area contributed by atoms with Gasteiger partial charge in [-0.1, -0.05) is 23.7 Å². The highest BCUT2D eigenvalue weighted by Gasteiger charge is 2.32. The van der Waals surface area contributed by atoms with E-state index in [-0.39, 0.29) is 30.4 Å². The summed E-state index contributed by atoms with van der Waals surface area (Å²) < 4.78 is 19.1. The lowest BCUT2D eigenvalue weighted by Crippen LogP contribution is -2.58. The number of piperazine rings is 1. The molecule has 2 aromatic rings. The zero-order chi connectivity index (χ0) is 22.7. The molecule has 4 rings (SSSR count). The van der Waals surface area contributed by atoms with Gasteiger partial charge in [-0.15, -0.1) is 0 Å². The van der Waals surface area contributed by atoms with Crippen LogP contribution in [0.2, 0.25) is 5.02 Å². The number of halogens is 2. The van der Waals surface area contributed by atoms with E-state index in [1.807, 2.05) is 29.2 Å². The molecule has 1 saturated carbocycles. The van der Waals surface area contributed by atoms with Gasteiger partial charge in [-0.2, -0.15) is 0 Å². The molecule has 0 bridgehead atoms. The van der Waals surface area contributed by atoms with Crippen LogP contribution in [-0.2, 0) is 17.9 Å². The van der Waals surface area contributed by atoms with Crippen molar-refractivity contribution >= 4 is 17.5 Å². The third-order valence-corrected chi connectivity index (χ3v) is 6.50. The lowest BCUT2D eigenvalue weighted by atomic mass is 10.1. The second-order valence-electron chi connectivity index (χ2n) is 9.00. The number of nitrogens with one attached hydrogen (secondary N) is 1. The maximum Gasteiger partial charge on any atom is 0.260 e. The van der Waals surface area contributed by atoms with Crippen LogP contribution < -0.4 is 10.1 Å². The van der Waals surface area contributed by atoms with Crippen LogP contribution in [0.25, 0.3) is 0 Å². The number of hydrogen-bond donors (Lipinski definition) is 1. The number of carbonyl (C=O) groups is 1. The number of ether oxygens (including phenoxy) is 1. The van der Waals surface area contributed by atoms with Crippen LogP contribution in [-0.4, -0.2) is 53.5 Å². The van der Waals surface area contributed by atoms with Crippen LogP contribution in [0.4, 0.5) is 4.39 Å². The molecule has 2 aliphatic rings. The number of nitrogens with zero attached hydrogens (tertiary/aromatic N) is 2. The number of rotatable bonds is 8. The molecule has 1 heterocycles. The van der Waals surface area contributed by atoms with Gasteiger partial charge in [0.1, 0.15) is 11.6 Å². The highest BCUT2D eigenvalue weighted by atomic mass is 35.5. The summed E-state index contributed by atoms with van der Waals surface area (Å²) in [6.07, 6.45) is 2.41. The van der Waals surface area contributed by atoms with E-state index >= 15 is 0 Å². The van der Waals surface area contributed by atoms with Crippen LogP contribution in [0.3, 0.4) is 0 Å². The van der Waals surface area contributed by atoms with Crippen molar-refractivity contribution in [2.75, 3.05) is 19.7 Å². The highest BCUT2D eigenvalue weighted by molar-refractivity contribution is 6.30. The van der Waals surface area contributed by atoms with E-state index in [0.29, 0.717) is 29.9 Å². The van der Waals surface area contributed by atoms with Crippen molar-refractivity contribution in [3.63, 3.8) is 0 Å². The van der Waals surface area contributed by atoms with Gasteiger partial charge in [0, 0.05) is 54.9 Å². The van der Waals surface area contributed by atoms with Gasteiger partial charge in [0.15, 0.2) is 6.61 Å². The van der Waals surface area contributed by atoms with E-state index < -0.39 is 0 Å². The van der Waals surface area contributed by atoms with Gasteiger partial charge in [0.25, 0.3) is 5.91 Å². The smallest absolute Gasteiger partial charge is 0.260 e. The molecule has 7 heteroatoms. The van der Waals surface area contributed by atoms with Gasteiger partial charge < -0.3 is 15.0 Å². The summed E-state index contributed by atoms with van der Waals surface area (Å²) in [7, 11) is 0. The summed E-state index contributed by atoms with van der Waals surface area (Å²) in [5.74, 6) is 0.464. The summed E-state index contributed by atoms with van der Waals surface area (Å²) >= 11 is 6.17. The maximum atomic E-state index is 13.2. The molecule has 1 aliphatic carbocycles. The van der Waals surface area contributed by atoms with Gasteiger partial charge in [-0.3, -0.25) is 9.69 Å². The molecule has 2 aromatic carbocycles. The molecule has 0 radical (unpaired) electrons. The number of carbonyl (C=O) groups excluding carboxylic acids is 1. The van der Waals surface area contributed by atoms with E-state index in [0.717, 1.165) is 24.2 Å². The fourth-order valence-electron chi connectivity index (χ4n) is 4.18. The lowest BCUT2D eigenvalue weighted by Gasteiger charge is -2.44. The Morgan fingerprint density at radius 3 is 2.59 bits per heavy atom. The van der Waals surface area contributed by atoms with E-state index in [2.05, 4.69) is 24.1 Å². The molecule has 1 aliphatic heterocycles. The Kier molecular flexibility index (Phi) is 7.33. The van der Waals surface area contributed by atoms with E-state index in [1.165, 1.54) is 25.0 Å². The topological polar surface area (TPSA) is 44.8 Å². The molecule has 2 unspecified atom stereocenters. The van der Waals surface area contributed by atoms with Crippen LogP contribution in [0, 0.1) is 5.82 Å². The van der Waals surface area contributed by atoms with Crippen LogP contribution >= 0.6 is 11.6 Å². The Morgan fingerprint density at radius 2 is 1.88 bits per heavy atom. The molecule has 1 N–H and O–H groups in total. The van der Waals surface area contributed by atoms with Crippen molar-refractivity contribution in [3.05, 3.63) is 64.4 Å². The third kappa shape index (κ3) is 6.00. The Labute approximate surface area is 194 Å². The maximum absolute atomic E-state index is 13.2. The summed E-state index contributed by atoms with van der Waals surface area (Å²) in [6, 6.07) is 13.0. The molecule has 2 fully saturated rings. The lowest BCUT2D eigenvalue weighted by molar-refractivity contribution is -0.139. The average molecular weight is 460 g/mol. The van der Waals surface area contributed by atoms with Gasteiger partial charge >= 0.3 is 0 Å². The first-order chi connectivity index (χ1) is 15.4. The van der Waals surface area contributed by atoms with Crippen LogP contribution in [0.5, 0.6) is 5.75 Å². The van der Waals surface area contributed by atoms with E-state index in [9.17, 15) is 9.18 Å². The first-order valence-electron chi connectivity index (χ1n) is 11.3. The molecule has 0 aromatic heterocycles. The first-order valence-corrected chi connectivity index (χ1v) is 11.7. The van der Waals surface area contributed by atoms with Crippen molar-refractivity contribution in [3.8, 4) is 5.75 Å². The Morgan fingerprint density at radius 1 is 1.12 bits per heavy atom. The molecule has 1 amide bonds. The predicted octanol–water partition coefficient (Wildman–Crippen LogP) is 4.23. The Balaban J connectivity index is 1.32. The predicted molar refractivity (Wildman–Crippen MR) is 124 cm³/mol. The third-order valence-electron chi connectivity index (χ3n) is 6.27. The molecule has 5 nitrogen and oxygen atoms in total. The quantitative estimate of drug-likeness (QED) is 0.641. The van der Waals surface area contributed by atoms with E-state index in [1.54, 1.807) is 6.07 Å². The van der Waals surface area contributed by atoms with Crippen LogP contribution in [0.15, 0.2) is 42.5 Å². The fourth-order valence-corrected chi connectivity index (χ4v) is 4.38. The minimum atomic E-state index is -0.224. The number of amides is 1. The van der Waals surface area contributed by atoms with E-state index in [4.69, 9.17) is 16.3 Å². The van der Waals surface area contributed by atoms with Crippen LogP contribution in [0.1, 0.15) is 37.8 Å². The van der Waals surface area contributed by atoms with Crippen molar-refractivity contribution in [2.45, 2.75) is 57.9 Å².